The number of nitrogens with one attached hydrogen (secondary N) is 1. The van der Waals surface area contributed by atoms with Crippen LogP contribution < -0.4 is 5.43 Å². The Balaban J connectivity index is 1.74. The number of hydrogen-bond acceptors (Lipinski definition) is 6. The molecule has 2 aromatic carbocycles. The van der Waals surface area contributed by atoms with Crippen LogP contribution in [0, 0.1) is 6.92 Å². The summed E-state index contributed by atoms with van der Waals surface area (Å²) in [6.45, 7) is 6.29. The van der Waals surface area contributed by atoms with Crippen molar-refractivity contribution in [3.05, 3.63) is 53.6 Å². The van der Waals surface area contributed by atoms with Gasteiger partial charge in [0, 0.05) is 17.0 Å². The molecule has 2 heterocycles. The molecule has 2 N–H and O–H groups in total. The largest absolute Gasteiger partial charge is 0.507 e. The summed E-state index contributed by atoms with van der Waals surface area (Å²) in [7, 11) is 0. The Bertz CT molecular complexity index is 1160. The molecule has 0 spiro atoms. The molecule has 2 aromatic heterocycles. The van der Waals surface area contributed by atoms with E-state index in [0.29, 0.717) is 11.5 Å². The van der Waals surface area contributed by atoms with Crippen LogP contribution in [0.1, 0.15) is 31.0 Å². The van der Waals surface area contributed by atoms with E-state index in [0.717, 1.165) is 22.1 Å². The fourth-order valence-corrected chi connectivity index (χ4v) is 3.15. The molecule has 0 atom stereocenters. The van der Waals surface area contributed by atoms with Crippen LogP contribution in [0.15, 0.2) is 47.6 Å². The van der Waals surface area contributed by atoms with Crippen molar-refractivity contribution in [1.82, 2.24) is 19.7 Å². The smallest absolute Gasteiger partial charge is 0.265 e. The van der Waals surface area contributed by atoms with Crippen LogP contribution in [0.5, 0.6) is 5.75 Å². The van der Waals surface area contributed by atoms with Crippen molar-refractivity contribution >= 4 is 34.2 Å². The number of fused-ring (bicyclic) bond motifs is 3. The molecular weight excluding hydrogens is 340 g/mol. The number of para-hydroxylation sites is 1. The number of benzene rings is 2. The third-order valence-electron chi connectivity index (χ3n) is 4.38. The third kappa shape index (κ3) is 3.08. The molecule has 7 heteroatoms. The van der Waals surface area contributed by atoms with E-state index in [2.05, 4.69) is 69.2 Å². The van der Waals surface area contributed by atoms with Gasteiger partial charge in [0.2, 0.25) is 0 Å². The molecule has 0 fully saturated rings. The summed E-state index contributed by atoms with van der Waals surface area (Å²) < 4.78 is 2.15. The first kappa shape index (κ1) is 17.0. The first-order chi connectivity index (χ1) is 13.0. The second-order valence-electron chi connectivity index (χ2n) is 6.72. The van der Waals surface area contributed by atoms with Gasteiger partial charge in [-0.3, -0.25) is 0 Å². The topological polar surface area (TPSA) is 88.2 Å². The molecule has 0 aliphatic rings. The van der Waals surface area contributed by atoms with E-state index < -0.39 is 0 Å². The number of phenolic OH excluding ortho intramolecular Hbond substituents is 1. The highest BCUT2D eigenvalue weighted by Gasteiger charge is 2.16. The molecule has 0 amide bonds. The van der Waals surface area contributed by atoms with Crippen LogP contribution in [0.4, 0.5) is 5.95 Å². The maximum Gasteiger partial charge on any atom is 0.265 e. The summed E-state index contributed by atoms with van der Waals surface area (Å²) in [6, 6.07) is 13.5. The van der Waals surface area contributed by atoms with Gasteiger partial charge in [-0.05, 0) is 45.0 Å². The van der Waals surface area contributed by atoms with Gasteiger partial charge in [0.05, 0.1) is 11.7 Å². The lowest BCUT2D eigenvalue weighted by Gasteiger charge is -2.10. The molecule has 0 aliphatic heterocycles. The summed E-state index contributed by atoms with van der Waals surface area (Å²) in [5.41, 5.74) is 7.19. The number of aryl methyl sites for hydroxylation is 1. The van der Waals surface area contributed by atoms with E-state index in [1.165, 1.54) is 11.8 Å². The first-order valence-corrected chi connectivity index (χ1v) is 8.76. The fraction of sp³-hybridized carbons (Fsp3) is 0.200. The fourth-order valence-electron chi connectivity index (χ4n) is 3.15. The van der Waals surface area contributed by atoms with Crippen LogP contribution >= 0.6 is 0 Å². The molecule has 0 bridgehead atoms. The minimum absolute atomic E-state index is 0.160. The van der Waals surface area contributed by atoms with Crippen molar-refractivity contribution in [2.45, 2.75) is 26.8 Å². The second-order valence-corrected chi connectivity index (χ2v) is 6.72. The lowest BCUT2D eigenvalue weighted by atomic mass is 10.2. The zero-order valence-corrected chi connectivity index (χ0v) is 15.4. The molecule has 27 heavy (non-hydrogen) atoms. The van der Waals surface area contributed by atoms with Crippen molar-refractivity contribution in [1.29, 1.82) is 0 Å². The molecule has 136 valence electrons. The van der Waals surface area contributed by atoms with Crippen LogP contribution in [-0.4, -0.2) is 31.1 Å². The summed E-state index contributed by atoms with van der Waals surface area (Å²) >= 11 is 0. The van der Waals surface area contributed by atoms with Crippen molar-refractivity contribution < 1.29 is 5.11 Å². The minimum Gasteiger partial charge on any atom is -0.507 e. The average Bonchev–Trinajstić information content (AvgIpc) is 2.96. The lowest BCUT2D eigenvalue weighted by Crippen LogP contribution is -2.04. The number of hydrazone groups is 1. The van der Waals surface area contributed by atoms with Gasteiger partial charge in [-0.2, -0.15) is 10.1 Å². The summed E-state index contributed by atoms with van der Waals surface area (Å²) in [6.07, 6.45) is 1.52. The standard InChI is InChI=1S/C20H20N6O/c1-12(2)26-16-9-8-13(3)10-15(16)18-19(26)22-20(25-23-18)24-21-11-14-6-4-5-7-17(14)27/h4-12,27H,1-3H3,(H,22,24,25)/b21-11+. The van der Waals surface area contributed by atoms with E-state index in [1.54, 1.807) is 18.2 Å². The highest BCUT2D eigenvalue weighted by atomic mass is 16.3. The minimum atomic E-state index is 0.160. The first-order valence-electron chi connectivity index (χ1n) is 8.76. The highest BCUT2D eigenvalue weighted by molar-refractivity contribution is 6.04. The molecule has 7 nitrogen and oxygen atoms in total. The average molecular weight is 360 g/mol. The van der Waals surface area contributed by atoms with Gasteiger partial charge in [0.25, 0.3) is 5.95 Å². The zero-order chi connectivity index (χ0) is 19.0. The molecule has 4 aromatic rings. The predicted octanol–water partition coefficient (Wildman–Crippen LogP) is 4.02. The lowest BCUT2D eigenvalue weighted by molar-refractivity contribution is 0.474. The zero-order valence-electron chi connectivity index (χ0n) is 15.4. The van der Waals surface area contributed by atoms with E-state index in [-0.39, 0.29) is 11.8 Å². The number of hydrogen-bond donors (Lipinski definition) is 2. The second kappa shape index (κ2) is 6.68. The normalized spacial score (nSPS) is 11.9. The molecule has 4 rings (SSSR count). The monoisotopic (exact) mass is 360 g/mol. The highest BCUT2D eigenvalue weighted by Crippen LogP contribution is 2.30. The van der Waals surface area contributed by atoms with Gasteiger partial charge in [0.15, 0.2) is 5.65 Å². The number of phenols is 1. The van der Waals surface area contributed by atoms with Gasteiger partial charge in [0.1, 0.15) is 11.3 Å². The van der Waals surface area contributed by atoms with Crippen molar-refractivity contribution in [3.63, 3.8) is 0 Å². The van der Waals surface area contributed by atoms with Crippen LogP contribution in [-0.2, 0) is 0 Å². The maximum atomic E-state index is 9.78. The third-order valence-corrected chi connectivity index (χ3v) is 4.38. The van der Waals surface area contributed by atoms with Gasteiger partial charge < -0.3 is 9.67 Å². The molecule has 0 saturated carbocycles. The van der Waals surface area contributed by atoms with Gasteiger partial charge >= 0.3 is 0 Å². The van der Waals surface area contributed by atoms with Crippen LogP contribution in [0.3, 0.4) is 0 Å². The molecule has 0 unspecified atom stereocenters. The summed E-state index contributed by atoms with van der Waals surface area (Å²) in [5.74, 6) is 0.462. The number of nitrogens with zero attached hydrogens (tertiary/aromatic N) is 5. The SMILES string of the molecule is Cc1ccc2c(c1)c1nnc(N/N=C/c3ccccc3O)nc1n2C(C)C. The Kier molecular flexibility index (Phi) is 4.19. The molecule has 0 aliphatic carbocycles. The van der Waals surface area contributed by atoms with Crippen LogP contribution in [0.2, 0.25) is 0 Å². The van der Waals surface area contributed by atoms with Crippen molar-refractivity contribution in [2.24, 2.45) is 5.10 Å². The van der Waals surface area contributed by atoms with Gasteiger partial charge in [-0.15, -0.1) is 10.2 Å². The molecular formula is C20H20N6O. The van der Waals surface area contributed by atoms with Gasteiger partial charge in [-0.25, -0.2) is 5.43 Å². The Labute approximate surface area is 156 Å². The number of rotatable bonds is 4. The Hall–Kier alpha value is -3.48. The maximum absolute atomic E-state index is 9.78. The number of anilines is 1. The number of aromatic nitrogens is 4. The predicted molar refractivity (Wildman–Crippen MR) is 107 cm³/mol. The number of aromatic hydroxyl groups is 1. The summed E-state index contributed by atoms with van der Waals surface area (Å²) in [4.78, 5) is 4.62. The van der Waals surface area contributed by atoms with E-state index in [1.807, 2.05) is 6.07 Å². The van der Waals surface area contributed by atoms with E-state index in [4.69, 9.17) is 0 Å². The van der Waals surface area contributed by atoms with E-state index >= 15 is 0 Å². The Morgan fingerprint density at radius 2 is 1.96 bits per heavy atom. The van der Waals surface area contributed by atoms with Gasteiger partial charge in [-0.1, -0.05) is 23.8 Å². The van der Waals surface area contributed by atoms with Crippen LogP contribution in [0.25, 0.3) is 22.1 Å². The molecule has 0 saturated heterocycles. The summed E-state index contributed by atoms with van der Waals surface area (Å²) in [5, 5.41) is 23.5. The Morgan fingerprint density at radius 1 is 1.15 bits per heavy atom. The Morgan fingerprint density at radius 3 is 2.74 bits per heavy atom. The van der Waals surface area contributed by atoms with E-state index in [9.17, 15) is 5.11 Å². The van der Waals surface area contributed by atoms with Crippen molar-refractivity contribution in [3.8, 4) is 5.75 Å². The molecule has 0 radical (unpaired) electrons. The quantitative estimate of drug-likeness (QED) is 0.424. The van der Waals surface area contributed by atoms with Crippen molar-refractivity contribution in [2.75, 3.05) is 5.43 Å².